The number of halogens is 4. The van der Waals surface area contributed by atoms with Crippen LogP contribution in [0.2, 0.25) is 0 Å². The Morgan fingerprint density at radius 2 is 1.72 bits per heavy atom. The molecule has 0 bridgehead atoms. The minimum Gasteiger partial charge on any atom is -0.302 e. The molecule has 1 aliphatic carbocycles. The fraction of sp³-hybridized carbons (Fsp3) is 0.346. The van der Waals surface area contributed by atoms with Gasteiger partial charge in [-0.25, -0.2) is 4.79 Å². The van der Waals surface area contributed by atoms with Crippen molar-refractivity contribution in [2.75, 3.05) is 19.6 Å². The van der Waals surface area contributed by atoms with Crippen LogP contribution in [0.3, 0.4) is 0 Å². The molecule has 0 unspecified atom stereocenters. The summed E-state index contributed by atoms with van der Waals surface area (Å²) in [5, 5.41) is 0. The lowest BCUT2D eigenvalue weighted by molar-refractivity contribution is -0.137. The van der Waals surface area contributed by atoms with Gasteiger partial charge in [0.15, 0.2) is 0 Å². The van der Waals surface area contributed by atoms with Crippen LogP contribution in [0.25, 0.3) is 0 Å². The number of rotatable bonds is 6. The van der Waals surface area contributed by atoms with E-state index in [4.69, 9.17) is 0 Å². The van der Waals surface area contributed by atoms with Crippen molar-refractivity contribution in [3.8, 4) is 0 Å². The lowest BCUT2D eigenvalue weighted by atomic mass is 9.94. The van der Waals surface area contributed by atoms with Gasteiger partial charge in [-0.15, -0.1) is 0 Å². The van der Waals surface area contributed by atoms with E-state index in [1.807, 2.05) is 22.6 Å². The molecule has 6 nitrogen and oxygen atoms in total. The predicted molar refractivity (Wildman–Crippen MR) is 136 cm³/mol. The van der Waals surface area contributed by atoms with Crippen molar-refractivity contribution in [3.05, 3.63) is 102 Å². The molecule has 3 aromatic rings. The second-order valence-electron chi connectivity index (χ2n) is 9.49. The van der Waals surface area contributed by atoms with E-state index in [0.29, 0.717) is 30.0 Å². The average molecular weight is 609 g/mol. The van der Waals surface area contributed by atoms with Gasteiger partial charge in [0.25, 0.3) is 11.5 Å². The van der Waals surface area contributed by atoms with E-state index in [0.717, 1.165) is 37.2 Å². The quantitative estimate of drug-likeness (QED) is 0.397. The van der Waals surface area contributed by atoms with Gasteiger partial charge in [-0.05, 0) is 77.7 Å². The standard InChI is InChI=1S/C26H23F3IN3O3/c27-26(28,29)19-9-7-18(8-10-19)25-13-20(25)14-31(16-25)11-4-12-32-15-21(30)23(35)33(24(32)36)22(34)17-5-2-1-3-6-17/h1-3,5-10,15,20H,4,11-14,16H2/t20-,25+/m0/s1. The van der Waals surface area contributed by atoms with Gasteiger partial charge in [-0.1, -0.05) is 30.3 Å². The maximum absolute atomic E-state index is 13.0. The number of carbonyl (C=O) groups excluding carboxylic acids is 1. The fourth-order valence-corrected chi connectivity index (χ4v) is 5.86. The van der Waals surface area contributed by atoms with Crippen LogP contribution in [-0.4, -0.2) is 39.6 Å². The Kier molecular flexibility index (Phi) is 6.44. The first kappa shape index (κ1) is 24.9. The lowest BCUT2D eigenvalue weighted by Gasteiger charge is -2.21. The summed E-state index contributed by atoms with van der Waals surface area (Å²) >= 11 is 1.83. The second kappa shape index (κ2) is 9.29. The molecule has 1 aliphatic heterocycles. The van der Waals surface area contributed by atoms with E-state index in [2.05, 4.69) is 4.90 Å². The van der Waals surface area contributed by atoms with E-state index in [9.17, 15) is 27.6 Å². The molecular formula is C26H23F3IN3O3. The van der Waals surface area contributed by atoms with Crippen LogP contribution in [0.5, 0.6) is 0 Å². The summed E-state index contributed by atoms with van der Waals surface area (Å²) in [4.78, 5) is 40.7. The molecule has 0 amide bonds. The number of hydrogen-bond acceptors (Lipinski definition) is 4. The summed E-state index contributed by atoms with van der Waals surface area (Å²) in [7, 11) is 0. The molecule has 0 radical (unpaired) electrons. The first-order valence-corrected chi connectivity index (χ1v) is 12.7. The third-order valence-corrected chi connectivity index (χ3v) is 7.95. The topological polar surface area (TPSA) is 64.3 Å². The maximum atomic E-state index is 13.0. The third-order valence-electron chi connectivity index (χ3n) is 7.21. The van der Waals surface area contributed by atoms with E-state index in [1.54, 1.807) is 42.5 Å². The molecule has 5 rings (SSSR count). The molecule has 0 N–H and O–H groups in total. The monoisotopic (exact) mass is 609 g/mol. The average Bonchev–Trinajstić information content (AvgIpc) is 3.43. The molecule has 1 saturated carbocycles. The summed E-state index contributed by atoms with van der Waals surface area (Å²) in [6, 6.07) is 13.7. The van der Waals surface area contributed by atoms with Crippen LogP contribution >= 0.6 is 22.6 Å². The summed E-state index contributed by atoms with van der Waals surface area (Å²) in [6.07, 6.45) is -1.27. The molecule has 2 aliphatic rings. The normalized spacial score (nSPS) is 21.4. The molecule has 188 valence electrons. The minimum atomic E-state index is -4.34. The van der Waals surface area contributed by atoms with Gasteiger partial charge < -0.3 is 4.90 Å². The predicted octanol–water partition coefficient (Wildman–Crippen LogP) is 3.99. The summed E-state index contributed by atoms with van der Waals surface area (Å²) in [5.74, 6) is -0.237. The number of alkyl halides is 3. The minimum absolute atomic E-state index is 0.0916. The molecule has 1 saturated heterocycles. The van der Waals surface area contributed by atoms with Crippen molar-refractivity contribution >= 4 is 28.5 Å². The van der Waals surface area contributed by atoms with E-state index < -0.39 is 28.9 Å². The first-order valence-electron chi connectivity index (χ1n) is 11.6. The zero-order valence-electron chi connectivity index (χ0n) is 19.2. The third kappa shape index (κ3) is 4.56. The number of aromatic nitrogens is 2. The smallest absolute Gasteiger partial charge is 0.302 e. The van der Waals surface area contributed by atoms with Crippen molar-refractivity contribution in [1.82, 2.24) is 14.0 Å². The van der Waals surface area contributed by atoms with Crippen LogP contribution in [0.1, 0.15) is 34.3 Å². The Morgan fingerprint density at radius 1 is 1.03 bits per heavy atom. The number of piperidine rings is 1. The van der Waals surface area contributed by atoms with Crippen LogP contribution in [-0.2, 0) is 18.1 Å². The van der Waals surface area contributed by atoms with Crippen LogP contribution < -0.4 is 11.2 Å². The Hall–Kier alpha value is -2.73. The number of nitrogens with zero attached hydrogens (tertiary/aromatic N) is 3. The highest BCUT2D eigenvalue weighted by molar-refractivity contribution is 14.1. The Morgan fingerprint density at radius 3 is 2.39 bits per heavy atom. The first-order chi connectivity index (χ1) is 17.1. The van der Waals surface area contributed by atoms with Crippen LogP contribution in [0.4, 0.5) is 13.2 Å². The summed E-state index contributed by atoms with van der Waals surface area (Å²) < 4.78 is 41.1. The Bertz CT molecular complexity index is 1420. The van der Waals surface area contributed by atoms with Crippen molar-refractivity contribution in [1.29, 1.82) is 0 Å². The van der Waals surface area contributed by atoms with Crippen LogP contribution in [0, 0.1) is 9.49 Å². The molecule has 10 heteroatoms. The Balaban J connectivity index is 1.25. The molecule has 2 atom stereocenters. The summed E-state index contributed by atoms with van der Waals surface area (Å²) in [5.41, 5.74) is -0.827. The van der Waals surface area contributed by atoms with Gasteiger partial charge in [0.2, 0.25) is 0 Å². The highest BCUT2D eigenvalue weighted by atomic mass is 127. The maximum Gasteiger partial charge on any atom is 0.416 e. The number of fused-ring (bicyclic) bond motifs is 1. The largest absolute Gasteiger partial charge is 0.416 e. The molecule has 36 heavy (non-hydrogen) atoms. The number of aryl methyl sites for hydroxylation is 1. The SMILES string of the molecule is O=C(c1ccccc1)n1c(=O)c(I)cn(CCCN2C[C@@H]3C[C@]3(c3ccc(C(F)(F)F)cc3)C2)c1=O. The van der Waals surface area contributed by atoms with Gasteiger partial charge in [0, 0.05) is 36.8 Å². The number of hydrogen-bond donors (Lipinski definition) is 0. The number of benzene rings is 2. The molecular weight excluding hydrogens is 586 g/mol. The van der Waals surface area contributed by atoms with Crippen molar-refractivity contribution in [2.45, 2.75) is 31.0 Å². The lowest BCUT2D eigenvalue weighted by Crippen LogP contribution is -2.45. The molecule has 2 aromatic carbocycles. The van der Waals surface area contributed by atoms with Gasteiger partial charge in [0.1, 0.15) is 0 Å². The van der Waals surface area contributed by atoms with Crippen LogP contribution in [0.15, 0.2) is 70.4 Å². The van der Waals surface area contributed by atoms with Crippen molar-refractivity contribution in [2.24, 2.45) is 5.92 Å². The molecule has 2 fully saturated rings. The van der Waals surface area contributed by atoms with E-state index in [-0.39, 0.29) is 14.5 Å². The van der Waals surface area contributed by atoms with Crippen molar-refractivity contribution in [3.63, 3.8) is 0 Å². The highest BCUT2D eigenvalue weighted by Crippen LogP contribution is 2.59. The van der Waals surface area contributed by atoms with E-state index >= 15 is 0 Å². The van der Waals surface area contributed by atoms with E-state index in [1.165, 1.54) is 10.8 Å². The number of carbonyl (C=O) groups is 1. The zero-order valence-corrected chi connectivity index (χ0v) is 21.3. The number of likely N-dealkylation sites (tertiary alicyclic amines) is 1. The van der Waals surface area contributed by atoms with Gasteiger partial charge in [-0.2, -0.15) is 17.7 Å². The molecule has 0 spiro atoms. The van der Waals surface area contributed by atoms with Gasteiger partial charge in [0.05, 0.1) is 9.13 Å². The second-order valence-corrected chi connectivity index (χ2v) is 10.6. The van der Waals surface area contributed by atoms with Gasteiger partial charge >= 0.3 is 11.9 Å². The fourth-order valence-electron chi connectivity index (χ4n) is 5.28. The summed E-state index contributed by atoms with van der Waals surface area (Å²) in [6.45, 7) is 2.67. The van der Waals surface area contributed by atoms with Gasteiger partial charge in [-0.3, -0.25) is 14.2 Å². The molecule has 1 aromatic heterocycles. The highest BCUT2D eigenvalue weighted by Gasteiger charge is 2.60. The van der Waals surface area contributed by atoms with Crippen molar-refractivity contribution < 1.29 is 18.0 Å². The zero-order chi connectivity index (χ0) is 25.7. The Labute approximate surface area is 218 Å². The molecule has 2 heterocycles.